The fraction of sp³-hybridized carbons (Fsp3) is 0.600. The Hall–Kier alpha value is -2.04. The maximum Gasteiger partial charge on any atom is 0.314 e. The number of hydrogen-bond acceptors (Lipinski definition) is 4. The van der Waals surface area contributed by atoms with Crippen LogP contribution in [0, 0.1) is 0 Å². The lowest BCUT2D eigenvalue weighted by Gasteiger charge is -2.23. The minimum Gasteiger partial charge on any atom is -0.494 e. The number of carboxylic acids is 1. The highest BCUT2D eigenvalue weighted by atomic mass is 16.6. The van der Waals surface area contributed by atoms with Crippen molar-refractivity contribution in [1.82, 2.24) is 0 Å². The van der Waals surface area contributed by atoms with Crippen LogP contribution in [0.1, 0.15) is 71.3 Å². The van der Waals surface area contributed by atoms with Crippen LogP contribution in [0.15, 0.2) is 24.3 Å². The number of hydrogen-bond donors (Lipinski definition) is 1. The molecule has 0 aliphatic heterocycles. The lowest BCUT2D eigenvalue weighted by Crippen LogP contribution is -2.28. The van der Waals surface area contributed by atoms with Crippen molar-refractivity contribution in [2.75, 3.05) is 6.61 Å². The van der Waals surface area contributed by atoms with Gasteiger partial charge in [-0.3, -0.25) is 9.59 Å². The number of aliphatic carboxylic acids is 1. The minimum atomic E-state index is -1.04. The van der Waals surface area contributed by atoms with E-state index in [1.807, 2.05) is 0 Å². The third-order valence-electron chi connectivity index (χ3n) is 3.62. The Labute approximate surface area is 150 Å². The summed E-state index contributed by atoms with van der Waals surface area (Å²) in [6, 6.07) is 7.01. The fourth-order valence-corrected chi connectivity index (χ4v) is 2.40. The lowest BCUT2D eigenvalue weighted by atomic mass is 9.95. The minimum absolute atomic E-state index is 0.299. The van der Waals surface area contributed by atoms with Gasteiger partial charge in [0.2, 0.25) is 0 Å². The van der Waals surface area contributed by atoms with Gasteiger partial charge in [0, 0.05) is 0 Å². The summed E-state index contributed by atoms with van der Waals surface area (Å²) in [5.41, 5.74) is -0.0370. The summed E-state index contributed by atoms with van der Waals surface area (Å²) < 4.78 is 11.0. The van der Waals surface area contributed by atoms with Gasteiger partial charge in [-0.05, 0) is 44.9 Å². The van der Waals surface area contributed by atoms with E-state index in [9.17, 15) is 9.59 Å². The van der Waals surface area contributed by atoms with Crippen molar-refractivity contribution in [2.24, 2.45) is 0 Å². The molecule has 0 fully saturated rings. The van der Waals surface area contributed by atoms with Crippen molar-refractivity contribution in [2.45, 2.75) is 71.3 Å². The Morgan fingerprint density at radius 1 is 1.08 bits per heavy atom. The van der Waals surface area contributed by atoms with Crippen molar-refractivity contribution < 1.29 is 24.2 Å². The summed E-state index contributed by atoms with van der Waals surface area (Å²) >= 11 is 0. The Morgan fingerprint density at radius 2 is 1.72 bits per heavy atom. The average Bonchev–Trinajstić information content (AvgIpc) is 2.51. The molecule has 1 aromatic carbocycles. The molecule has 0 aliphatic rings. The third kappa shape index (κ3) is 8.57. The van der Waals surface area contributed by atoms with Crippen LogP contribution in [0.4, 0.5) is 0 Å². The number of carbonyl (C=O) groups excluding carboxylic acids is 1. The molecule has 1 rings (SSSR count). The Kier molecular flexibility index (Phi) is 8.46. The van der Waals surface area contributed by atoms with Crippen LogP contribution in [-0.4, -0.2) is 29.3 Å². The Morgan fingerprint density at radius 3 is 2.24 bits per heavy atom. The Bertz CT molecular complexity index is 542. The normalized spacial score (nSPS) is 12.5. The van der Waals surface area contributed by atoms with Gasteiger partial charge in [0.05, 0.1) is 18.9 Å². The monoisotopic (exact) mass is 350 g/mol. The van der Waals surface area contributed by atoms with Gasteiger partial charge in [0.25, 0.3) is 0 Å². The second-order valence-corrected chi connectivity index (χ2v) is 7.16. The quantitative estimate of drug-likeness (QED) is 0.495. The van der Waals surface area contributed by atoms with E-state index in [-0.39, 0.29) is 6.42 Å². The van der Waals surface area contributed by atoms with Crippen molar-refractivity contribution in [3.05, 3.63) is 29.8 Å². The molecule has 0 saturated heterocycles. The van der Waals surface area contributed by atoms with Gasteiger partial charge >= 0.3 is 11.9 Å². The van der Waals surface area contributed by atoms with Gasteiger partial charge in [0.1, 0.15) is 11.4 Å². The van der Waals surface area contributed by atoms with E-state index in [1.54, 1.807) is 45.0 Å². The standard InChI is InChI=1S/C20H30O5/c1-5-6-7-8-13-24-16-11-9-15(10-12-16)17(14-18(21)22)19(23)25-20(2,3)4/h9-12,17H,5-8,13-14H2,1-4H3,(H,21,22)/t17-/m0/s1. The van der Waals surface area contributed by atoms with Crippen LogP contribution in [0.3, 0.4) is 0 Å². The molecule has 5 nitrogen and oxygen atoms in total. The summed E-state index contributed by atoms with van der Waals surface area (Å²) in [4.78, 5) is 23.5. The molecule has 0 saturated carbocycles. The summed E-state index contributed by atoms with van der Waals surface area (Å²) in [5.74, 6) is -1.66. The summed E-state index contributed by atoms with van der Waals surface area (Å²) in [6.45, 7) is 8.11. The van der Waals surface area contributed by atoms with E-state index in [0.29, 0.717) is 12.2 Å². The van der Waals surface area contributed by atoms with E-state index >= 15 is 0 Å². The zero-order chi connectivity index (χ0) is 18.9. The molecule has 0 aliphatic carbocycles. The second kappa shape index (κ2) is 10.1. The highest BCUT2D eigenvalue weighted by Gasteiger charge is 2.28. The van der Waals surface area contributed by atoms with E-state index < -0.39 is 23.5 Å². The number of esters is 1. The predicted octanol–water partition coefficient (Wildman–Crippen LogP) is 4.55. The first-order valence-corrected chi connectivity index (χ1v) is 8.90. The predicted molar refractivity (Wildman–Crippen MR) is 96.9 cm³/mol. The SMILES string of the molecule is CCCCCCOc1ccc([C@H](CC(=O)O)C(=O)OC(C)(C)C)cc1. The highest BCUT2D eigenvalue weighted by Crippen LogP contribution is 2.26. The Balaban J connectivity index is 2.72. The van der Waals surface area contributed by atoms with Gasteiger partial charge in [-0.15, -0.1) is 0 Å². The van der Waals surface area contributed by atoms with Crippen molar-refractivity contribution in [3.8, 4) is 5.75 Å². The van der Waals surface area contributed by atoms with E-state index in [4.69, 9.17) is 14.6 Å². The largest absolute Gasteiger partial charge is 0.494 e. The molecule has 0 amide bonds. The summed E-state index contributed by atoms with van der Waals surface area (Å²) in [7, 11) is 0. The van der Waals surface area contributed by atoms with Crippen LogP contribution in [0.25, 0.3) is 0 Å². The fourth-order valence-electron chi connectivity index (χ4n) is 2.40. The number of rotatable bonds is 10. The zero-order valence-electron chi connectivity index (χ0n) is 15.7. The van der Waals surface area contributed by atoms with Gasteiger partial charge in [-0.2, -0.15) is 0 Å². The topological polar surface area (TPSA) is 72.8 Å². The lowest BCUT2D eigenvalue weighted by molar-refractivity contribution is -0.159. The van der Waals surface area contributed by atoms with E-state index in [1.165, 1.54) is 12.8 Å². The molecule has 5 heteroatoms. The van der Waals surface area contributed by atoms with Crippen molar-refractivity contribution >= 4 is 11.9 Å². The number of unbranched alkanes of at least 4 members (excludes halogenated alkanes) is 3. The zero-order valence-corrected chi connectivity index (χ0v) is 15.7. The second-order valence-electron chi connectivity index (χ2n) is 7.16. The van der Waals surface area contributed by atoms with Crippen molar-refractivity contribution in [1.29, 1.82) is 0 Å². The molecule has 0 heterocycles. The number of carbonyl (C=O) groups is 2. The van der Waals surface area contributed by atoms with Crippen LogP contribution >= 0.6 is 0 Å². The van der Waals surface area contributed by atoms with Crippen LogP contribution < -0.4 is 4.74 Å². The highest BCUT2D eigenvalue weighted by molar-refractivity contribution is 5.84. The molecule has 140 valence electrons. The first kappa shape index (κ1) is 21.0. The van der Waals surface area contributed by atoms with Crippen LogP contribution in [-0.2, 0) is 14.3 Å². The van der Waals surface area contributed by atoms with E-state index in [0.717, 1.165) is 18.6 Å². The van der Waals surface area contributed by atoms with Gasteiger partial charge in [-0.1, -0.05) is 38.3 Å². The average molecular weight is 350 g/mol. The molecule has 1 aromatic rings. The summed E-state index contributed by atoms with van der Waals surface area (Å²) in [6.07, 6.45) is 4.24. The number of benzene rings is 1. The van der Waals surface area contributed by atoms with Crippen LogP contribution in [0.5, 0.6) is 5.75 Å². The first-order valence-electron chi connectivity index (χ1n) is 8.90. The van der Waals surface area contributed by atoms with Crippen molar-refractivity contribution in [3.63, 3.8) is 0 Å². The van der Waals surface area contributed by atoms with Crippen LogP contribution in [0.2, 0.25) is 0 Å². The molecule has 0 radical (unpaired) electrons. The summed E-state index contributed by atoms with van der Waals surface area (Å²) in [5, 5.41) is 9.10. The van der Waals surface area contributed by atoms with Gasteiger partial charge in [-0.25, -0.2) is 0 Å². The van der Waals surface area contributed by atoms with Gasteiger partial charge in [0.15, 0.2) is 0 Å². The molecule has 1 atom stereocenters. The van der Waals surface area contributed by atoms with E-state index in [2.05, 4.69) is 6.92 Å². The molecular formula is C20H30O5. The molecule has 25 heavy (non-hydrogen) atoms. The molecule has 0 bridgehead atoms. The maximum absolute atomic E-state index is 12.3. The number of carboxylic acid groups (broad SMARTS) is 1. The molecule has 0 unspecified atom stereocenters. The first-order chi connectivity index (χ1) is 11.7. The molecule has 1 N–H and O–H groups in total. The maximum atomic E-state index is 12.3. The number of ether oxygens (including phenoxy) is 2. The van der Waals surface area contributed by atoms with Gasteiger partial charge < -0.3 is 14.6 Å². The molecular weight excluding hydrogens is 320 g/mol. The smallest absolute Gasteiger partial charge is 0.314 e. The molecule has 0 aromatic heterocycles. The molecule has 0 spiro atoms. The third-order valence-corrected chi connectivity index (χ3v) is 3.62.